The first kappa shape index (κ1) is 16.9. The highest BCUT2D eigenvalue weighted by Gasteiger charge is 2.45. The molecule has 0 aliphatic carbocycles. The topological polar surface area (TPSA) is 72.9 Å². The third kappa shape index (κ3) is 3.16. The number of carbonyl (C=O) groups is 1. The summed E-state index contributed by atoms with van der Waals surface area (Å²) in [5, 5.41) is 0. The number of benzene rings is 1. The van der Waals surface area contributed by atoms with Gasteiger partial charge in [-0.05, 0) is 32.9 Å². The lowest BCUT2D eigenvalue weighted by Gasteiger charge is -2.39. The van der Waals surface area contributed by atoms with E-state index in [0.29, 0.717) is 0 Å². The van der Waals surface area contributed by atoms with Crippen LogP contribution < -0.4 is 0 Å². The van der Waals surface area contributed by atoms with Crippen LogP contribution in [-0.4, -0.2) is 50.6 Å². The van der Waals surface area contributed by atoms with Gasteiger partial charge in [0.25, 0.3) is 0 Å². The Balaban J connectivity index is 2.44. The number of hydrogen-bond acceptors (Lipinski definition) is 5. The summed E-state index contributed by atoms with van der Waals surface area (Å²) in [5.41, 5.74) is 0.965. The minimum Gasteiger partial charge on any atom is -0.468 e. The Labute approximate surface area is 131 Å². The average molecular weight is 327 g/mol. The van der Waals surface area contributed by atoms with E-state index in [-0.39, 0.29) is 17.5 Å². The Morgan fingerprint density at radius 1 is 1.27 bits per heavy atom. The fourth-order valence-electron chi connectivity index (χ4n) is 2.61. The van der Waals surface area contributed by atoms with Gasteiger partial charge in [-0.3, -0.25) is 4.79 Å². The highest BCUT2D eigenvalue weighted by atomic mass is 32.2. The van der Waals surface area contributed by atoms with E-state index >= 15 is 0 Å². The van der Waals surface area contributed by atoms with Crippen molar-refractivity contribution in [2.75, 3.05) is 13.7 Å². The molecule has 3 atom stereocenters. The minimum atomic E-state index is -3.80. The van der Waals surface area contributed by atoms with E-state index in [2.05, 4.69) is 0 Å². The molecule has 0 amide bonds. The van der Waals surface area contributed by atoms with Crippen LogP contribution in [-0.2, 0) is 24.3 Å². The molecule has 22 heavy (non-hydrogen) atoms. The molecular weight excluding hydrogens is 306 g/mol. The largest absolute Gasteiger partial charge is 0.468 e. The fourth-order valence-corrected chi connectivity index (χ4v) is 4.32. The molecule has 6 nitrogen and oxygen atoms in total. The Morgan fingerprint density at radius 2 is 1.86 bits per heavy atom. The van der Waals surface area contributed by atoms with Crippen LogP contribution in [0.5, 0.6) is 0 Å². The first-order valence-corrected chi connectivity index (χ1v) is 8.53. The summed E-state index contributed by atoms with van der Waals surface area (Å²) < 4.78 is 37.3. The predicted octanol–water partition coefficient (Wildman–Crippen LogP) is 1.33. The van der Waals surface area contributed by atoms with Crippen LogP contribution in [0.3, 0.4) is 0 Å². The van der Waals surface area contributed by atoms with Crippen molar-refractivity contribution in [1.82, 2.24) is 4.31 Å². The number of hydrogen-bond donors (Lipinski definition) is 0. The molecule has 0 aromatic heterocycles. The Bertz CT molecular complexity index is 640. The zero-order valence-corrected chi connectivity index (χ0v) is 14.0. The normalized spacial score (nSPS) is 26.6. The molecular formula is C15H21NO5S. The number of morpholine rings is 1. The molecule has 1 aromatic carbocycles. The van der Waals surface area contributed by atoms with Gasteiger partial charge >= 0.3 is 5.97 Å². The summed E-state index contributed by atoms with van der Waals surface area (Å²) in [5.74, 6) is -0.616. The third-order valence-corrected chi connectivity index (χ3v) is 5.57. The zero-order valence-electron chi connectivity index (χ0n) is 13.1. The number of sulfonamides is 1. The molecule has 1 aromatic rings. The van der Waals surface area contributed by atoms with Gasteiger partial charge in [0.1, 0.15) is 6.04 Å². The molecule has 1 heterocycles. The predicted molar refractivity (Wildman–Crippen MR) is 80.9 cm³/mol. The Hall–Kier alpha value is -1.44. The number of carbonyl (C=O) groups excluding carboxylic acids is 1. The standard InChI is InChI=1S/C15H21NO5S/c1-10-5-7-13(8-6-10)22(18,19)16-9-11(2)21-12(3)14(16)15(17)20-4/h5-8,11-12,14H,9H2,1-4H3/t11-,12-,14+/m1/s1. The lowest BCUT2D eigenvalue weighted by Crippen LogP contribution is -2.58. The van der Waals surface area contributed by atoms with Crippen LogP contribution >= 0.6 is 0 Å². The van der Waals surface area contributed by atoms with Crippen molar-refractivity contribution >= 4 is 16.0 Å². The van der Waals surface area contributed by atoms with E-state index in [9.17, 15) is 13.2 Å². The van der Waals surface area contributed by atoms with Crippen LogP contribution in [0.2, 0.25) is 0 Å². The number of nitrogens with zero attached hydrogens (tertiary/aromatic N) is 1. The van der Waals surface area contributed by atoms with Crippen LogP contribution in [0.1, 0.15) is 19.4 Å². The Morgan fingerprint density at radius 3 is 2.41 bits per heavy atom. The summed E-state index contributed by atoms with van der Waals surface area (Å²) >= 11 is 0. The van der Waals surface area contributed by atoms with Crippen molar-refractivity contribution in [2.24, 2.45) is 0 Å². The number of esters is 1. The van der Waals surface area contributed by atoms with Gasteiger partial charge in [-0.2, -0.15) is 4.31 Å². The highest BCUT2D eigenvalue weighted by molar-refractivity contribution is 7.89. The summed E-state index contributed by atoms with van der Waals surface area (Å²) in [6.45, 7) is 5.45. The van der Waals surface area contributed by atoms with Crippen LogP contribution in [0.15, 0.2) is 29.2 Å². The second-order valence-electron chi connectivity index (χ2n) is 5.51. The molecule has 1 aliphatic heterocycles. The number of rotatable bonds is 3. The maximum atomic E-state index is 12.9. The maximum Gasteiger partial charge on any atom is 0.326 e. The fraction of sp³-hybridized carbons (Fsp3) is 0.533. The molecule has 0 unspecified atom stereocenters. The minimum absolute atomic E-state index is 0.111. The van der Waals surface area contributed by atoms with Crippen LogP contribution in [0.25, 0.3) is 0 Å². The number of methoxy groups -OCH3 is 1. The maximum absolute atomic E-state index is 12.9. The monoisotopic (exact) mass is 327 g/mol. The van der Waals surface area contributed by atoms with E-state index in [4.69, 9.17) is 9.47 Å². The molecule has 7 heteroatoms. The van der Waals surface area contributed by atoms with E-state index in [1.165, 1.54) is 11.4 Å². The van der Waals surface area contributed by atoms with Crippen molar-refractivity contribution < 1.29 is 22.7 Å². The third-order valence-electron chi connectivity index (χ3n) is 3.71. The van der Waals surface area contributed by atoms with Gasteiger partial charge in [0.15, 0.2) is 0 Å². The second-order valence-corrected chi connectivity index (χ2v) is 7.40. The van der Waals surface area contributed by atoms with Crippen molar-refractivity contribution in [3.63, 3.8) is 0 Å². The quantitative estimate of drug-likeness (QED) is 0.783. The van der Waals surface area contributed by atoms with Crippen LogP contribution in [0, 0.1) is 6.92 Å². The average Bonchev–Trinajstić information content (AvgIpc) is 2.46. The lowest BCUT2D eigenvalue weighted by atomic mass is 10.1. The first-order valence-electron chi connectivity index (χ1n) is 7.09. The summed E-state index contributed by atoms with van der Waals surface area (Å²) in [4.78, 5) is 12.2. The molecule has 0 radical (unpaired) electrons. The van der Waals surface area contributed by atoms with E-state index < -0.39 is 28.1 Å². The Kier molecular flexibility index (Phi) is 4.89. The van der Waals surface area contributed by atoms with Gasteiger partial charge in [0.2, 0.25) is 10.0 Å². The summed E-state index contributed by atoms with van der Waals surface area (Å²) in [7, 11) is -2.56. The summed E-state index contributed by atoms with van der Waals surface area (Å²) in [6.07, 6.45) is -0.868. The van der Waals surface area contributed by atoms with Crippen molar-refractivity contribution in [3.8, 4) is 0 Å². The zero-order chi connectivity index (χ0) is 16.5. The van der Waals surface area contributed by atoms with E-state index in [1.807, 2.05) is 6.92 Å². The SMILES string of the molecule is COC(=O)[C@@H]1[C@@H](C)O[C@H](C)CN1S(=O)(=O)c1ccc(C)cc1. The molecule has 0 N–H and O–H groups in total. The summed E-state index contributed by atoms with van der Waals surface area (Å²) in [6, 6.07) is 5.57. The van der Waals surface area contributed by atoms with Crippen molar-refractivity contribution in [3.05, 3.63) is 29.8 Å². The highest BCUT2D eigenvalue weighted by Crippen LogP contribution is 2.26. The van der Waals surface area contributed by atoms with E-state index in [0.717, 1.165) is 5.56 Å². The molecule has 1 saturated heterocycles. The lowest BCUT2D eigenvalue weighted by molar-refractivity contribution is -0.158. The van der Waals surface area contributed by atoms with Crippen LogP contribution in [0.4, 0.5) is 0 Å². The molecule has 122 valence electrons. The van der Waals surface area contributed by atoms with Crippen molar-refractivity contribution in [2.45, 2.75) is 43.9 Å². The number of aryl methyl sites for hydroxylation is 1. The molecule has 2 rings (SSSR count). The van der Waals surface area contributed by atoms with Gasteiger partial charge in [-0.25, -0.2) is 8.42 Å². The van der Waals surface area contributed by atoms with Gasteiger partial charge < -0.3 is 9.47 Å². The number of ether oxygens (including phenoxy) is 2. The molecule has 0 bridgehead atoms. The van der Waals surface area contributed by atoms with Gasteiger partial charge in [0, 0.05) is 6.54 Å². The molecule has 1 aliphatic rings. The molecule has 1 fully saturated rings. The second kappa shape index (κ2) is 6.36. The molecule has 0 saturated carbocycles. The first-order chi connectivity index (χ1) is 10.3. The van der Waals surface area contributed by atoms with Crippen molar-refractivity contribution in [1.29, 1.82) is 0 Å². The van der Waals surface area contributed by atoms with Gasteiger partial charge in [-0.15, -0.1) is 0 Å². The molecule has 0 spiro atoms. The smallest absolute Gasteiger partial charge is 0.326 e. The van der Waals surface area contributed by atoms with E-state index in [1.54, 1.807) is 38.1 Å². The van der Waals surface area contributed by atoms with Gasteiger partial charge in [-0.1, -0.05) is 17.7 Å². The van der Waals surface area contributed by atoms with Gasteiger partial charge in [0.05, 0.1) is 24.2 Å².